The Morgan fingerprint density at radius 2 is 2.16 bits per heavy atom. The van der Waals surface area contributed by atoms with E-state index in [2.05, 4.69) is 5.32 Å². The summed E-state index contributed by atoms with van der Waals surface area (Å²) in [5.41, 5.74) is 0.793. The number of nitrogens with zero attached hydrogens (tertiary/aromatic N) is 1. The standard InChI is InChI=1S/C18H22N2O4S/c1-2-24-18(23)12-6-5-9-20(11-12)16(21)10-15-17(22)19-13-7-3-4-8-14(13)25-15/h3-4,7-8,12,15H,2,5-6,9-11H2,1H3,(H,19,22). The van der Waals surface area contributed by atoms with Crippen LogP contribution in [0.4, 0.5) is 5.69 Å². The van der Waals surface area contributed by atoms with Crippen molar-refractivity contribution in [1.82, 2.24) is 4.90 Å². The monoisotopic (exact) mass is 362 g/mol. The number of carbonyl (C=O) groups is 3. The molecule has 3 rings (SSSR count). The highest BCUT2D eigenvalue weighted by atomic mass is 32.2. The maximum absolute atomic E-state index is 12.6. The minimum atomic E-state index is -0.439. The van der Waals surface area contributed by atoms with E-state index in [0.29, 0.717) is 19.7 Å². The summed E-state index contributed by atoms with van der Waals surface area (Å²) in [5.74, 6) is -0.720. The first-order chi connectivity index (χ1) is 12.1. The number of carbonyl (C=O) groups excluding carboxylic acids is 3. The van der Waals surface area contributed by atoms with Gasteiger partial charge in [-0.1, -0.05) is 12.1 Å². The van der Waals surface area contributed by atoms with Gasteiger partial charge in [-0.25, -0.2) is 0 Å². The average Bonchev–Trinajstić information content (AvgIpc) is 2.62. The van der Waals surface area contributed by atoms with Crippen LogP contribution in [0.15, 0.2) is 29.2 Å². The van der Waals surface area contributed by atoms with E-state index in [1.165, 1.54) is 11.8 Å². The van der Waals surface area contributed by atoms with Gasteiger partial charge >= 0.3 is 5.97 Å². The summed E-state index contributed by atoms with van der Waals surface area (Å²) in [6.07, 6.45) is 1.66. The maximum atomic E-state index is 12.6. The number of hydrogen-bond donors (Lipinski definition) is 1. The molecule has 0 radical (unpaired) electrons. The highest BCUT2D eigenvalue weighted by molar-refractivity contribution is 8.01. The van der Waals surface area contributed by atoms with Crippen LogP contribution >= 0.6 is 11.8 Å². The van der Waals surface area contributed by atoms with Crippen LogP contribution in [-0.4, -0.2) is 47.6 Å². The number of rotatable bonds is 4. The fraction of sp³-hybridized carbons (Fsp3) is 0.500. The van der Waals surface area contributed by atoms with Crippen LogP contribution in [0, 0.1) is 5.92 Å². The van der Waals surface area contributed by atoms with Gasteiger partial charge in [0.2, 0.25) is 11.8 Å². The molecule has 134 valence electrons. The molecule has 2 unspecified atom stereocenters. The van der Waals surface area contributed by atoms with Crippen LogP contribution in [0.5, 0.6) is 0 Å². The number of fused-ring (bicyclic) bond motifs is 1. The molecule has 1 fully saturated rings. The van der Waals surface area contributed by atoms with Crippen molar-refractivity contribution in [2.75, 3.05) is 25.0 Å². The van der Waals surface area contributed by atoms with Gasteiger partial charge in [-0.05, 0) is 31.9 Å². The van der Waals surface area contributed by atoms with Gasteiger partial charge in [0, 0.05) is 24.4 Å². The van der Waals surface area contributed by atoms with Gasteiger partial charge in [0.1, 0.15) is 0 Å². The van der Waals surface area contributed by atoms with Crippen molar-refractivity contribution < 1.29 is 19.1 Å². The van der Waals surface area contributed by atoms with Crippen LogP contribution in [0.1, 0.15) is 26.2 Å². The fourth-order valence-corrected chi connectivity index (χ4v) is 4.27. The number of para-hydroxylation sites is 1. The van der Waals surface area contributed by atoms with Crippen LogP contribution in [-0.2, 0) is 19.1 Å². The lowest BCUT2D eigenvalue weighted by Gasteiger charge is -2.33. The molecule has 2 aliphatic heterocycles. The van der Waals surface area contributed by atoms with Gasteiger partial charge < -0.3 is 15.0 Å². The topological polar surface area (TPSA) is 75.7 Å². The summed E-state index contributed by atoms with van der Waals surface area (Å²) in [7, 11) is 0. The summed E-state index contributed by atoms with van der Waals surface area (Å²) in [6, 6.07) is 7.58. The minimum Gasteiger partial charge on any atom is -0.466 e. The SMILES string of the molecule is CCOC(=O)C1CCCN(C(=O)CC2Sc3ccccc3NC2=O)C1. The van der Waals surface area contributed by atoms with E-state index in [-0.39, 0.29) is 30.1 Å². The number of thioether (sulfide) groups is 1. The van der Waals surface area contributed by atoms with Crippen molar-refractivity contribution in [2.45, 2.75) is 36.3 Å². The van der Waals surface area contributed by atoms with Crippen molar-refractivity contribution in [3.8, 4) is 0 Å². The third kappa shape index (κ3) is 4.15. The smallest absolute Gasteiger partial charge is 0.310 e. The molecule has 0 spiro atoms. The molecule has 1 aromatic carbocycles. The van der Waals surface area contributed by atoms with E-state index in [1.54, 1.807) is 11.8 Å². The third-order valence-corrected chi connectivity index (χ3v) is 5.74. The largest absolute Gasteiger partial charge is 0.466 e. The number of piperidine rings is 1. The predicted octanol–water partition coefficient (Wildman–Crippen LogP) is 2.29. The molecule has 25 heavy (non-hydrogen) atoms. The van der Waals surface area contributed by atoms with Crippen molar-refractivity contribution in [3.63, 3.8) is 0 Å². The highest BCUT2D eigenvalue weighted by Crippen LogP contribution is 2.37. The number of benzene rings is 1. The van der Waals surface area contributed by atoms with E-state index >= 15 is 0 Å². The molecule has 2 aliphatic rings. The Morgan fingerprint density at radius 3 is 2.96 bits per heavy atom. The molecule has 0 bridgehead atoms. The second-order valence-electron chi connectivity index (χ2n) is 6.23. The summed E-state index contributed by atoms with van der Waals surface area (Å²) in [4.78, 5) is 39.5. The van der Waals surface area contributed by atoms with Crippen molar-refractivity contribution in [1.29, 1.82) is 0 Å². The summed E-state index contributed by atoms with van der Waals surface area (Å²) in [5, 5.41) is 2.42. The maximum Gasteiger partial charge on any atom is 0.310 e. The van der Waals surface area contributed by atoms with Crippen LogP contribution in [0.3, 0.4) is 0 Å². The van der Waals surface area contributed by atoms with E-state index in [1.807, 2.05) is 24.3 Å². The zero-order chi connectivity index (χ0) is 17.8. The van der Waals surface area contributed by atoms with Gasteiger partial charge in [-0.3, -0.25) is 14.4 Å². The molecule has 2 heterocycles. The summed E-state index contributed by atoms with van der Waals surface area (Å²) in [6.45, 7) is 3.14. The number of amides is 2. The molecule has 1 aromatic rings. The first kappa shape index (κ1) is 17.8. The molecule has 7 heteroatoms. The Bertz CT molecular complexity index is 679. The fourth-order valence-electron chi connectivity index (χ4n) is 3.17. The van der Waals surface area contributed by atoms with Crippen LogP contribution in [0.2, 0.25) is 0 Å². The third-order valence-electron chi connectivity index (χ3n) is 4.46. The van der Waals surface area contributed by atoms with E-state index in [9.17, 15) is 14.4 Å². The highest BCUT2D eigenvalue weighted by Gasteiger charge is 2.33. The molecule has 2 atom stereocenters. The molecule has 2 amide bonds. The second-order valence-corrected chi connectivity index (χ2v) is 7.47. The number of likely N-dealkylation sites (tertiary alicyclic amines) is 1. The minimum absolute atomic E-state index is 0.0824. The summed E-state index contributed by atoms with van der Waals surface area (Å²) < 4.78 is 5.07. The lowest BCUT2D eigenvalue weighted by molar-refractivity contribution is -0.151. The molecule has 0 aliphatic carbocycles. The van der Waals surface area contributed by atoms with Crippen LogP contribution in [0.25, 0.3) is 0 Å². The van der Waals surface area contributed by atoms with E-state index < -0.39 is 5.25 Å². The quantitative estimate of drug-likeness (QED) is 0.832. The summed E-state index contributed by atoms with van der Waals surface area (Å²) >= 11 is 1.42. The van der Waals surface area contributed by atoms with Crippen molar-refractivity contribution in [2.24, 2.45) is 5.92 Å². The lowest BCUT2D eigenvalue weighted by Crippen LogP contribution is -2.44. The first-order valence-corrected chi connectivity index (χ1v) is 9.47. The predicted molar refractivity (Wildman–Crippen MR) is 95.3 cm³/mol. The zero-order valence-electron chi connectivity index (χ0n) is 14.2. The Hall–Kier alpha value is -2.02. The number of nitrogens with one attached hydrogen (secondary N) is 1. The zero-order valence-corrected chi connectivity index (χ0v) is 15.0. The number of anilines is 1. The first-order valence-electron chi connectivity index (χ1n) is 8.59. The van der Waals surface area contributed by atoms with E-state index in [4.69, 9.17) is 4.74 Å². The van der Waals surface area contributed by atoms with Crippen LogP contribution < -0.4 is 5.32 Å². The Kier molecular flexibility index (Phi) is 5.63. The number of ether oxygens (including phenoxy) is 1. The number of esters is 1. The molecule has 1 saturated heterocycles. The second kappa shape index (κ2) is 7.91. The molecular formula is C18H22N2O4S. The Morgan fingerprint density at radius 1 is 1.36 bits per heavy atom. The molecule has 0 aromatic heterocycles. The van der Waals surface area contributed by atoms with Crippen molar-refractivity contribution >= 4 is 35.2 Å². The Labute approximate surface area is 151 Å². The van der Waals surface area contributed by atoms with Gasteiger partial charge in [-0.2, -0.15) is 0 Å². The van der Waals surface area contributed by atoms with Gasteiger partial charge in [-0.15, -0.1) is 11.8 Å². The lowest BCUT2D eigenvalue weighted by atomic mass is 9.98. The molecular weight excluding hydrogens is 340 g/mol. The Balaban J connectivity index is 1.60. The number of hydrogen-bond acceptors (Lipinski definition) is 5. The van der Waals surface area contributed by atoms with Gasteiger partial charge in [0.25, 0.3) is 0 Å². The van der Waals surface area contributed by atoms with Crippen molar-refractivity contribution in [3.05, 3.63) is 24.3 Å². The normalized spacial score (nSPS) is 22.8. The molecule has 6 nitrogen and oxygen atoms in total. The van der Waals surface area contributed by atoms with Gasteiger partial charge in [0.05, 0.1) is 23.5 Å². The average molecular weight is 362 g/mol. The molecule has 1 N–H and O–H groups in total. The van der Waals surface area contributed by atoms with Gasteiger partial charge in [0.15, 0.2) is 0 Å². The van der Waals surface area contributed by atoms with E-state index in [0.717, 1.165) is 23.4 Å². The molecule has 0 saturated carbocycles.